The number of ether oxygens (including phenoxy) is 1. The Bertz CT molecular complexity index is 533. The van der Waals surface area contributed by atoms with Crippen molar-refractivity contribution in [3.8, 4) is 5.75 Å². The van der Waals surface area contributed by atoms with Gasteiger partial charge in [-0.05, 0) is 55.0 Å². The van der Waals surface area contributed by atoms with Gasteiger partial charge in [0.1, 0.15) is 5.75 Å². The van der Waals surface area contributed by atoms with Crippen LogP contribution in [0.25, 0.3) is 0 Å². The molecule has 0 aromatic heterocycles. The van der Waals surface area contributed by atoms with Gasteiger partial charge >= 0.3 is 0 Å². The van der Waals surface area contributed by atoms with Crippen LogP contribution >= 0.6 is 11.6 Å². The molecule has 0 aliphatic carbocycles. The first kappa shape index (κ1) is 14.9. The summed E-state index contributed by atoms with van der Waals surface area (Å²) in [7, 11) is 1.69. The van der Waals surface area contributed by atoms with Crippen molar-refractivity contribution in [2.24, 2.45) is 0 Å². The minimum absolute atomic E-state index is 0.179. The van der Waals surface area contributed by atoms with Gasteiger partial charge in [-0.15, -0.1) is 11.6 Å². The molecule has 1 atom stereocenters. The van der Waals surface area contributed by atoms with E-state index in [-0.39, 0.29) is 5.38 Å². The Morgan fingerprint density at radius 1 is 1.05 bits per heavy atom. The van der Waals surface area contributed by atoms with Gasteiger partial charge in [-0.3, -0.25) is 0 Å². The highest BCUT2D eigenvalue weighted by Crippen LogP contribution is 2.18. The largest absolute Gasteiger partial charge is 0.497 e. The van der Waals surface area contributed by atoms with Gasteiger partial charge in [0.05, 0.1) is 7.11 Å². The highest BCUT2D eigenvalue weighted by molar-refractivity contribution is 6.20. The van der Waals surface area contributed by atoms with E-state index in [1.54, 1.807) is 7.11 Å². The third-order valence-electron chi connectivity index (χ3n) is 3.61. The molecule has 0 heterocycles. The normalized spacial score (nSPS) is 12.2. The second kappa shape index (κ2) is 7.35. The van der Waals surface area contributed by atoms with Gasteiger partial charge in [-0.1, -0.05) is 36.4 Å². The number of methoxy groups -OCH3 is 1. The average molecular weight is 289 g/mol. The molecule has 106 valence electrons. The van der Waals surface area contributed by atoms with Crippen LogP contribution in [0.5, 0.6) is 5.75 Å². The Hall–Kier alpha value is -1.47. The summed E-state index contributed by atoms with van der Waals surface area (Å²) >= 11 is 6.47. The number of alkyl halides is 1. The molecule has 2 heteroatoms. The highest BCUT2D eigenvalue weighted by Gasteiger charge is 2.08. The summed E-state index contributed by atoms with van der Waals surface area (Å²) in [5.74, 6) is 0.899. The van der Waals surface area contributed by atoms with E-state index in [1.165, 1.54) is 16.7 Å². The molecule has 0 bridgehead atoms. The minimum atomic E-state index is 0.179. The van der Waals surface area contributed by atoms with Crippen LogP contribution in [-0.2, 0) is 12.8 Å². The van der Waals surface area contributed by atoms with Gasteiger partial charge in [0.2, 0.25) is 0 Å². The van der Waals surface area contributed by atoms with Crippen LogP contribution in [0.4, 0.5) is 0 Å². The number of halogens is 1. The quantitative estimate of drug-likeness (QED) is 0.695. The lowest BCUT2D eigenvalue weighted by molar-refractivity contribution is 0.414. The zero-order chi connectivity index (χ0) is 14.4. The molecule has 0 fully saturated rings. The highest BCUT2D eigenvalue weighted by atomic mass is 35.5. The molecule has 0 saturated heterocycles. The van der Waals surface area contributed by atoms with Crippen molar-refractivity contribution in [3.05, 3.63) is 65.2 Å². The van der Waals surface area contributed by atoms with Crippen LogP contribution in [-0.4, -0.2) is 12.5 Å². The zero-order valence-corrected chi connectivity index (χ0v) is 12.9. The molecule has 2 rings (SSSR count). The second-order valence-corrected chi connectivity index (χ2v) is 5.73. The molecule has 0 spiro atoms. The van der Waals surface area contributed by atoms with E-state index in [0.717, 1.165) is 25.0 Å². The van der Waals surface area contributed by atoms with E-state index in [9.17, 15) is 0 Å². The lowest BCUT2D eigenvalue weighted by atomic mass is 10.0. The molecule has 1 nitrogen and oxygen atoms in total. The third kappa shape index (κ3) is 4.28. The summed E-state index contributed by atoms with van der Waals surface area (Å²) in [4.78, 5) is 0. The lowest BCUT2D eigenvalue weighted by Crippen LogP contribution is -2.06. The Labute approximate surface area is 126 Å². The van der Waals surface area contributed by atoms with E-state index >= 15 is 0 Å². The van der Waals surface area contributed by atoms with Crippen LogP contribution < -0.4 is 4.74 Å². The molecular weight excluding hydrogens is 268 g/mol. The van der Waals surface area contributed by atoms with Crippen LogP contribution in [0.3, 0.4) is 0 Å². The lowest BCUT2D eigenvalue weighted by Gasteiger charge is -2.11. The Morgan fingerprint density at radius 3 is 2.40 bits per heavy atom. The zero-order valence-electron chi connectivity index (χ0n) is 12.1. The number of rotatable bonds is 6. The summed E-state index contributed by atoms with van der Waals surface area (Å²) in [5.41, 5.74) is 3.98. The van der Waals surface area contributed by atoms with Gasteiger partial charge in [0, 0.05) is 5.38 Å². The standard InChI is InChI=1S/C18H21ClO/c1-14-5-3-4-6-16(14)13-17(19)10-7-15-8-11-18(20-2)12-9-15/h3-6,8-9,11-12,17H,7,10,13H2,1-2H3. The fourth-order valence-corrected chi connectivity index (χ4v) is 2.57. The first-order valence-corrected chi connectivity index (χ1v) is 7.44. The van der Waals surface area contributed by atoms with Gasteiger partial charge in [-0.2, -0.15) is 0 Å². The molecule has 0 aliphatic rings. The smallest absolute Gasteiger partial charge is 0.118 e. The van der Waals surface area contributed by atoms with Crippen molar-refractivity contribution in [3.63, 3.8) is 0 Å². The maximum atomic E-state index is 6.47. The molecule has 2 aromatic rings. The van der Waals surface area contributed by atoms with E-state index in [0.29, 0.717) is 0 Å². The molecule has 0 saturated carbocycles. The summed E-state index contributed by atoms with van der Waals surface area (Å²) in [6.45, 7) is 2.14. The Balaban J connectivity index is 1.85. The molecule has 0 amide bonds. The monoisotopic (exact) mass is 288 g/mol. The van der Waals surface area contributed by atoms with Crippen LogP contribution in [0.2, 0.25) is 0 Å². The Morgan fingerprint density at radius 2 is 1.75 bits per heavy atom. The molecule has 20 heavy (non-hydrogen) atoms. The summed E-state index contributed by atoms with van der Waals surface area (Å²) in [6, 6.07) is 16.7. The van der Waals surface area contributed by atoms with Gasteiger partial charge < -0.3 is 4.74 Å². The first-order valence-electron chi connectivity index (χ1n) is 7.00. The molecule has 0 N–H and O–H groups in total. The second-order valence-electron chi connectivity index (χ2n) is 5.11. The summed E-state index contributed by atoms with van der Waals surface area (Å²) in [5, 5.41) is 0.179. The van der Waals surface area contributed by atoms with E-state index in [1.807, 2.05) is 12.1 Å². The van der Waals surface area contributed by atoms with Crippen molar-refractivity contribution in [1.29, 1.82) is 0 Å². The van der Waals surface area contributed by atoms with Crippen molar-refractivity contribution in [2.75, 3.05) is 7.11 Å². The summed E-state index contributed by atoms with van der Waals surface area (Å²) in [6.07, 6.45) is 2.93. The average Bonchev–Trinajstić information content (AvgIpc) is 2.48. The number of benzene rings is 2. The van der Waals surface area contributed by atoms with Crippen LogP contribution in [0.1, 0.15) is 23.1 Å². The van der Waals surface area contributed by atoms with Gasteiger partial charge in [0.15, 0.2) is 0 Å². The van der Waals surface area contributed by atoms with Crippen molar-refractivity contribution in [1.82, 2.24) is 0 Å². The molecule has 1 unspecified atom stereocenters. The fraction of sp³-hybridized carbons (Fsp3) is 0.333. The summed E-state index contributed by atoms with van der Waals surface area (Å²) < 4.78 is 5.16. The SMILES string of the molecule is COc1ccc(CCC(Cl)Cc2ccccc2C)cc1. The fourth-order valence-electron chi connectivity index (χ4n) is 2.30. The number of aryl methyl sites for hydroxylation is 2. The van der Waals surface area contributed by atoms with Crippen LogP contribution in [0, 0.1) is 6.92 Å². The van der Waals surface area contributed by atoms with E-state index in [4.69, 9.17) is 16.3 Å². The molecule has 0 aliphatic heterocycles. The van der Waals surface area contributed by atoms with Crippen molar-refractivity contribution >= 4 is 11.6 Å². The molecule has 2 aromatic carbocycles. The van der Waals surface area contributed by atoms with Gasteiger partial charge in [0.25, 0.3) is 0 Å². The van der Waals surface area contributed by atoms with Crippen molar-refractivity contribution < 1.29 is 4.74 Å². The van der Waals surface area contributed by atoms with Crippen LogP contribution in [0.15, 0.2) is 48.5 Å². The maximum Gasteiger partial charge on any atom is 0.118 e. The third-order valence-corrected chi connectivity index (χ3v) is 3.98. The first-order chi connectivity index (χ1) is 9.69. The number of hydrogen-bond acceptors (Lipinski definition) is 1. The van der Waals surface area contributed by atoms with E-state index in [2.05, 4.69) is 43.3 Å². The minimum Gasteiger partial charge on any atom is -0.497 e. The molecular formula is C18H21ClO. The topological polar surface area (TPSA) is 9.23 Å². The molecule has 0 radical (unpaired) electrons. The predicted molar refractivity (Wildman–Crippen MR) is 85.8 cm³/mol. The maximum absolute atomic E-state index is 6.47. The van der Waals surface area contributed by atoms with Gasteiger partial charge in [-0.25, -0.2) is 0 Å². The Kier molecular flexibility index (Phi) is 5.49. The van der Waals surface area contributed by atoms with E-state index < -0.39 is 0 Å². The predicted octanol–water partition coefficient (Wildman–Crippen LogP) is 4.79. The van der Waals surface area contributed by atoms with Crippen molar-refractivity contribution in [2.45, 2.75) is 31.6 Å². The number of hydrogen-bond donors (Lipinski definition) is 0.